The van der Waals surface area contributed by atoms with E-state index in [2.05, 4.69) is 28.2 Å². The van der Waals surface area contributed by atoms with E-state index in [-0.39, 0.29) is 10.7 Å². The number of nitrogens with zero attached hydrogens (tertiary/aromatic N) is 1. The van der Waals surface area contributed by atoms with E-state index in [4.69, 9.17) is 21.7 Å². The highest BCUT2D eigenvalue weighted by Gasteiger charge is 2.34. The molecule has 0 aliphatic carbocycles. The normalized spacial score (nSPS) is 14.7. The second-order valence-corrected chi connectivity index (χ2v) is 9.25. The van der Waals surface area contributed by atoms with Gasteiger partial charge in [-0.25, -0.2) is 0 Å². The van der Waals surface area contributed by atoms with Crippen LogP contribution in [0.5, 0.6) is 11.5 Å². The first-order valence-electron chi connectivity index (χ1n) is 11.5. The summed E-state index contributed by atoms with van der Waals surface area (Å²) >= 11 is 8.86. The average Bonchev–Trinajstić information content (AvgIpc) is 2.88. The monoisotopic (exact) mass is 564 g/mol. The van der Waals surface area contributed by atoms with E-state index in [0.29, 0.717) is 40.4 Å². The van der Waals surface area contributed by atoms with Crippen LogP contribution in [-0.4, -0.2) is 23.5 Å². The summed E-state index contributed by atoms with van der Waals surface area (Å²) in [6.45, 7) is 4.73. The Morgan fingerprint density at radius 3 is 2.31 bits per heavy atom. The molecule has 1 fully saturated rings. The zero-order valence-electron chi connectivity index (χ0n) is 19.9. The van der Waals surface area contributed by atoms with Crippen molar-refractivity contribution in [2.45, 2.75) is 26.9 Å². The van der Waals surface area contributed by atoms with Crippen LogP contribution in [0, 0.1) is 0 Å². The standard InChI is InChI=1S/C28H25BrN2O4S/c1-3-18-10-12-21(13-11-18)31-27(33)22(26(32)30-28(31)36)14-20-15-24(34-4-2)25(16-23(20)29)35-17-19-8-6-5-7-9-19/h5-16H,3-4,17H2,1-2H3,(H,30,32,36)/b22-14+. The molecule has 2 amide bonds. The lowest BCUT2D eigenvalue weighted by Gasteiger charge is -2.29. The minimum absolute atomic E-state index is 0.0377. The third-order valence-corrected chi connectivity index (χ3v) is 6.58. The zero-order valence-corrected chi connectivity index (χ0v) is 22.3. The van der Waals surface area contributed by atoms with Gasteiger partial charge >= 0.3 is 0 Å². The van der Waals surface area contributed by atoms with Gasteiger partial charge in [-0.2, -0.15) is 0 Å². The van der Waals surface area contributed by atoms with Crippen LogP contribution in [0.25, 0.3) is 6.08 Å². The van der Waals surface area contributed by atoms with Gasteiger partial charge in [0.05, 0.1) is 12.3 Å². The molecule has 8 heteroatoms. The summed E-state index contributed by atoms with van der Waals surface area (Å²) in [4.78, 5) is 27.5. The van der Waals surface area contributed by atoms with E-state index >= 15 is 0 Å². The molecule has 0 aromatic heterocycles. The second kappa shape index (κ2) is 11.5. The number of anilines is 1. The van der Waals surface area contributed by atoms with Crippen molar-refractivity contribution in [1.82, 2.24) is 5.32 Å². The van der Waals surface area contributed by atoms with Crippen molar-refractivity contribution in [3.8, 4) is 11.5 Å². The molecular weight excluding hydrogens is 540 g/mol. The molecule has 0 unspecified atom stereocenters. The van der Waals surface area contributed by atoms with Crippen LogP contribution < -0.4 is 19.7 Å². The van der Waals surface area contributed by atoms with Crippen molar-refractivity contribution >= 4 is 56.8 Å². The quantitative estimate of drug-likeness (QED) is 0.212. The Morgan fingerprint density at radius 1 is 0.944 bits per heavy atom. The average molecular weight is 565 g/mol. The number of benzene rings is 3. The van der Waals surface area contributed by atoms with Crippen molar-refractivity contribution in [2.24, 2.45) is 0 Å². The minimum Gasteiger partial charge on any atom is -0.490 e. The number of hydrogen-bond donors (Lipinski definition) is 1. The van der Waals surface area contributed by atoms with Crippen LogP contribution >= 0.6 is 28.1 Å². The number of hydrogen-bond acceptors (Lipinski definition) is 5. The summed E-state index contributed by atoms with van der Waals surface area (Å²) < 4.78 is 12.5. The molecule has 4 rings (SSSR count). The summed E-state index contributed by atoms with van der Waals surface area (Å²) in [5.74, 6) is 0.00519. The van der Waals surface area contributed by atoms with Gasteiger partial charge < -0.3 is 9.47 Å². The highest BCUT2D eigenvalue weighted by atomic mass is 79.9. The maximum Gasteiger partial charge on any atom is 0.270 e. The van der Waals surface area contributed by atoms with E-state index in [1.807, 2.05) is 61.5 Å². The molecule has 0 radical (unpaired) electrons. The van der Waals surface area contributed by atoms with E-state index in [1.54, 1.807) is 12.1 Å². The fourth-order valence-electron chi connectivity index (χ4n) is 3.71. The number of aryl methyl sites for hydroxylation is 1. The largest absolute Gasteiger partial charge is 0.490 e. The highest BCUT2D eigenvalue weighted by molar-refractivity contribution is 9.10. The van der Waals surface area contributed by atoms with Gasteiger partial charge in [-0.3, -0.25) is 19.8 Å². The predicted octanol–water partition coefficient (Wildman–Crippen LogP) is 5.82. The van der Waals surface area contributed by atoms with Crippen molar-refractivity contribution in [2.75, 3.05) is 11.5 Å². The van der Waals surface area contributed by atoms with E-state index in [0.717, 1.165) is 17.5 Å². The fraction of sp³-hybridized carbons (Fsp3) is 0.179. The van der Waals surface area contributed by atoms with Crippen molar-refractivity contribution in [3.05, 3.63) is 93.5 Å². The van der Waals surface area contributed by atoms with Crippen LogP contribution in [0.3, 0.4) is 0 Å². The molecule has 0 bridgehead atoms. The van der Waals surface area contributed by atoms with Gasteiger partial charge in [0.15, 0.2) is 16.6 Å². The van der Waals surface area contributed by atoms with Crippen molar-refractivity contribution in [1.29, 1.82) is 0 Å². The number of amides is 2. The predicted molar refractivity (Wildman–Crippen MR) is 148 cm³/mol. The summed E-state index contributed by atoms with van der Waals surface area (Å²) in [6.07, 6.45) is 2.41. The molecular formula is C28H25BrN2O4S. The molecule has 1 saturated heterocycles. The molecule has 1 aliphatic heterocycles. The number of ether oxygens (including phenoxy) is 2. The molecule has 0 atom stereocenters. The lowest BCUT2D eigenvalue weighted by molar-refractivity contribution is -0.122. The summed E-state index contributed by atoms with van der Waals surface area (Å²) in [5, 5.41) is 2.67. The lowest BCUT2D eigenvalue weighted by atomic mass is 10.1. The van der Waals surface area contributed by atoms with Gasteiger partial charge in [-0.15, -0.1) is 0 Å². The minimum atomic E-state index is -0.555. The Kier molecular flexibility index (Phi) is 8.18. The number of halogens is 1. The lowest BCUT2D eigenvalue weighted by Crippen LogP contribution is -2.54. The highest BCUT2D eigenvalue weighted by Crippen LogP contribution is 2.36. The van der Waals surface area contributed by atoms with Gasteiger partial charge in [0.1, 0.15) is 12.2 Å². The topological polar surface area (TPSA) is 67.9 Å². The molecule has 1 aliphatic rings. The molecule has 36 heavy (non-hydrogen) atoms. The first-order valence-corrected chi connectivity index (χ1v) is 12.7. The zero-order chi connectivity index (χ0) is 25.7. The molecule has 6 nitrogen and oxygen atoms in total. The number of thiocarbonyl (C=S) groups is 1. The van der Waals surface area contributed by atoms with Crippen molar-refractivity contribution < 1.29 is 19.1 Å². The van der Waals surface area contributed by atoms with Gasteiger partial charge in [0.2, 0.25) is 0 Å². The Labute approximate surface area is 224 Å². The smallest absolute Gasteiger partial charge is 0.270 e. The van der Waals surface area contributed by atoms with E-state index < -0.39 is 11.8 Å². The van der Waals surface area contributed by atoms with E-state index in [9.17, 15) is 9.59 Å². The first kappa shape index (κ1) is 25.6. The van der Waals surface area contributed by atoms with Crippen molar-refractivity contribution in [3.63, 3.8) is 0 Å². The van der Waals surface area contributed by atoms with Gasteiger partial charge in [0, 0.05) is 4.47 Å². The maximum absolute atomic E-state index is 13.4. The first-order chi connectivity index (χ1) is 17.4. The number of rotatable bonds is 8. The van der Waals surface area contributed by atoms with Gasteiger partial charge in [-0.05, 0) is 72.6 Å². The Bertz CT molecular complexity index is 1320. The second-order valence-electron chi connectivity index (χ2n) is 8.01. The van der Waals surface area contributed by atoms with Gasteiger partial charge in [-0.1, -0.05) is 65.3 Å². The number of nitrogens with one attached hydrogen (secondary N) is 1. The summed E-state index contributed by atoms with van der Waals surface area (Å²) in [6, 6.07) is 20.8. The number of carbonyl (C=O) groups is 2. The Morgan fingerprint density at radius 2 is 1.64 bits per heavy atom. The number of carbonyl (C=O) groups excluding carboxylic acids is 2. The molecule has 3 aromatic carbocycles. The molecule has 1 N–H and O–H groups in total. The third-order valence-electron chi connectivity index (χ3n) is 5.60. The Hall–Kier alpha value is -3.49. The summed E-state index contributed by atoms with van der Waals surface area (Å²) in [5.41, 5.74) is 3.31. The van der Waals surface area contributed by atoms with Crippen LogP contribution in [0.1, 0.15) is 30.5 Å². The molecule has 0 saturated carbocycles. The SMILES string of the molecule is CCOc1cc(/C=C2\C(=O)NC(=S)N(c3ccc(CC)cc3)C2=O)c(Br)cc1OCc1ccccc1. The van der Waals surface area contributed by atoms with Crippen LogP contribution in [0.2, 0.25) is 0 Å². The molecule has 3 aromatic rings. The molecule has 0 spiro atoms. The van der Waals surface area contributed by atoms with Gasteiger partial charge in [0.25, 0.3) is 11.8 Å². The maximum atomic E-state index is 13.4. The van der Waals surface area contributed by atoms with E-state index in [1.165, 1.54) is 11.0 Å². The van der Waals surface area contributed by atoms with Crippen LogP contribution in [-0.2, 0) is 22.6 Å². The molecule has 1 heterocycles. The fourth-order valence-corrected chi connectivity index (χ4v) is 4.42. The third kappa shape index (κ3) is 5.66. The van der Waals surface area contributed by atoms with Crippen LogP contribution in [0.15, 0.2) is 76.8 Å². The Balaban J connectivity index is 1.65. The molecule has 184 valence electrons. The summed E-state index contributed by atoms with van der Waals surface area (Å²) in [7, 11) is 0. The van der Waals surface area contributed by atoms with Crippen LogP contribution in [0.4, 0.5) is 5.69 Å².